The molecule has 1 N–H and O–H groups in total. The average Bonchev–Trinajstić information content (AvgIpc) is 2.79. The monoisotopic (exact) mass is 263 g/mol. The number of benzene rings is 1. The van der Waals surface area contributed by atoms with E-state index in [1.807, 2.05) is 6.92 Å². The van der Waals surface area contributed by atoms with Crippen molar-refractivity contribution in [3.63, 3.8) is 0 Å². The number of thiophene rings is 1. The lowest BCUT2D eigenvalue weighted by atomic mass is 10.1. The van der Waals surface area contributed by atoms with Crippen molar-refractivity contribution in [2.75, 3.05) is 7.11 Å². The molecule has 0 bridgehead atoms. The van der Waals surface area contributed by atoms with Crippen LogP contribution in [-0.2, 0) is 16.1 Å². The zero-order valence-electron chi connectivity index (χ0n) is 10.6. The van der Waals surface area contributed by atoms with Crippen molar-refractivity contribution < 1.29 is 9.53 Å². The van der Waals surface area contributed by atoms with Crippen molar-refractivity contribution in [2.45, 2.75) is 25.9 Å². The van der Waals surface area contributed by atoms with Crippen LogP contribution in [0, 0.1) is 0 Å². The van der Waals surface area contributed by atoms with Gasteiger partial charge in [0.2, 0.25) is 0 Å². The number of ether oxygens (including phenoxy) is 1. The Labute approximate surface area is 111 Å². The predicted molar refractivity (Wildman–Crippen MR) is 74.8 cm³/mol. The van der Waals surface area contributed by atoms with Crippen LogP contribution in [0.3, 0.4) is 0 Å². The van der Waals surface area contributed by atoms with Gasteiger partial charge in [-0.25, -0.2) is 0 Å². The molecule has 1 unspecified atom stereocenters. The van der Waals surface area contributed by atoms with E-state index in [2.05, 4.69) is 39.7 Å². The van der Waals surface area contributed by atoms with E-state index in [9.17, 15) is 4.79 Å². The van der Waals surface area contributed by atoms with E-state index in [0.29, 0.717) is 6.42 Å². The fourth-order valence-electron chi connectivity index (χ4n) is 1.86. The van der Waals surface area contributed by atoms with Gasteiger partial charge in [-0.2, -0.15) is 0 Å². The molecule has 0 radical (unpaired) electrons. The maximum atomic E-state index is 11.1. The molecule has 0 saturated carbocycles. The van der Waals surface area contributed by atoms with Gasteiger partial charge in [-0.15, -0.1) is 11.3 Å². The van der Waals surface area contributed by atoms with Gasteiger partial charge in [0.1, 0.15) is 0 Å². The Hall–Kier alpha value is -1.39. The molecule has 18 heavy (non-hydrogen) atoms. The summed E-state index contributed by atoms with van der Waals surface area (Å²) in [5.74, 6) is -0.176. The van der Waals surface area contributed by atoms with Crippen molar-refractivity contribution in [2.24, 2.45) is 0 Å². The van der Waals surface area contributed by atoms with E-state index in [1.165, 1.54) is 22.8 Å². The largest absolute Gasteiger partial charge is 0.469 e. The molecule has 96 valence electrons. The Bertz CT molecular complexity index is 535. The first kappa shape index (κ1) is 13.1. The zero-order valence-corrected chi connectivity index (χ0v) is 11.4. The molecular formula is C14H17NO2S. The number of esters is 1. The fraction of sp³-hybridized carbons (Fsp3) is 0.357. The van der Waals surface area contributed by atoms with Gasteiger partial charge in [0.05, 0.1) is 13.5 Å². The molecule has 2 rings (SSSR count). The van der Waals surface area contributed by atoms with Crippen LogP contribution in [0.15, 0.2) is 29.6 Å². The van der Waals surface area contributed by atoms with Crippen molar-refractivity contribution in [3.8, 4) is 0 Å². The summed E-state index contributed by atoms with van der Waals surface area (Å²) < 4.78 is 5.95. The quantitative estimate of drug-likeness (QED) is 0.843. The summed E-state index contributed by atoms with van der Waals surface area (Å²) >= 11 is 1.75. The number of carbonyl (C=O) groups is 1. The Kier molecular flexibility index (Phi) is 4.33. The number of fused-ring (bicyclic) bond motifs is 1. The highest BCUT2D eigenvalue weighted by molar-refractivity contribution is 7.17. The number of hydrogen-bond donors (Lipinski definition) is 1. The van der Waals surface area contributed by atoms with E-state index in [1.54, 1.807) is 11.3 Å². The van der Waals surface area contributed by atoms with Crippen molar-refractivity contribution in [3.05, 3.63) is 35.2 Å². The molecule has 0 saturated heterocycles. The van der Waals surface area contributed by atoms with Crippen LogP contribution < -0.4 is 5.32 Å². The molecule has 0 aliphatic rings. The summed E-state index contributed by atoms with van der Waals surface area (Å²) in [6.07, 6.45) is 0.401. The first-order valence-electron chi connectivity index (χ1n) is 5.96. The molecule has 0 spiro atoms. The van der Waals surface area contributed by atoms with E-state index in [0.717, 1.165) is 6.54 Å². The Morgan fingerprint density at radius 3 is 3.00 bits per heavy atom. The standard InChI is InChI=1S/C14H17NO2S/c1-10(7-14(16)17-2)15-8-11-9-18-13-6-4-3-5-12(11)13/h3-6,9-10,15H,7-8H2,1-2H3. The van der Waals surface area contributed by atoms with Gasteiger partial charge in [0.25, 0.3) is 0 Å². The summed E-state index contributed by atoms with van der Waals surface area (Å²) in [5, 5.41) is 6.81. The molecule has 1 aromatic heterocycles. The minimum Gasteiger partial charge on any atom is -0.469 e. The molecule has 2 aromatic rings. The number of methoxy groups -OCH3 is 1. The van der Waals surface area contributed by atoms with Gasteiger partial charge < -0.3 is 10.1 Å². The highest BCUT2D eigenvalue weighted by atomic mass is 32.1. The SMILES string of the molecule is COC(=O)CC(C)NCc1csc2ccccc12. The van der Waals surface area contributed by atoms with E-state index in [4.69, 9.17) is 0 Å². The summed E-state index contributed by atoms with van der Waals surface area (Å²) in [6.45, 7) is 2.77. The van der Waals surface area contributed by atoms with E-state index in [-0.39, 0.29) is 12.0 Å². The molecule has 4 heteroatoms. The van der Waals surface area contributed by atoms with Gasteiger partial charge >= 0.3 is 5.97 Å². The lowest BCUT2D eigenvalue weighted by molar-refractivity contribution is -0.141. The van der Waals surface area contributed by atoms with Crippen molar-refractivity contribution in [1.29, 1.82) is 0 Å². The third-order valence-electron chi connectivity index (χ3n) is 2.90. The second-order valence-corrected chi connectivity index (χ2v) is 5.23. The molecule has 0 fully saturated rings. The van der Waals surface area contributed by atoms with E-state index >= 15 is 0 Å². The topological polar surface area (TPSA) is 38.3 Å². The number of nitrogens with one attached hydrogen (secondary N) is 1. The maximum Gasteiger partial charge on any atom is 0.307 e. The zero-order chi connectivity index (χ0) is 13.0. The molecule has 1 aromatic carbocycles. The summed E-state index contributed by atoms with van der Waals surface area (Å²) in [7, 11) is 1.42. The van der Waals surface area contributed by atoms with Crippen LogP contribution in [0.2, 0.25) is 0 Å². The normalized spacial score (nSPS) is 12.6. The van der Waals surface area contributed by atoms with Crippen LogP contribution in [-0.4, -0.2) is 19.1 Å². The number of hydrogen-bond acceptors (Lipinski definition) is 4. The van der Waals surface area contributed by atoms with Gasteiger partial charge in [0.15, 0.2) is 0 Å². The van der Waals surface area contributed by atoms with E-state index < -0.39 is 0 Å². The molecule has 0 amide bonds. The Balaban J connectivity index is 1.96. The van der Waals surface area contributed by atoms with Crippen molar-refractivity contribution in [1.82, 2.24) is 5.32 Å². The van der Waals surface area contributed by atoms with Gasteiger partial charge in [0, 0.05) is 17.3 Å². The fourth-order valence-corrected chi connectivity index (χ4v) is 2.82. The summed E-state index contributed by atoms with van der Waals surface area (Å²) in [4.78, 5) is 11.1. The first-order chi connectivity index (χ1) is 8.70. The third-order valence-corrected chi connectivity index (χ3v) is 3.91. The predicted octanol–water partition coefficient (Wildman–Crippen LogP) is 2.94. The third kappa shape index (κ3) is 3.09. The summed E-state index contributed by atoms with van der Waals surface area (Å²) in [6, 6.07) is 8.48. The lowest BCUT2D eigenvalue weighted by Gasteiger charge is -2.11. The van der Waals surface area contributed by atoms with Gasteiger partial charge in [-0.3, -0.25) is 4.79 Å². The molecule has 1 atom stereocenters. The second kappa shape index (κ2) is 5.98. The average molecular weight is 263 g/mol. The Morgan fingerprint density at radius 1 is 1.44 bits per heavy atom. The molecule has 3 nitrogen and oxygen atoms in total. The van der Waals surface area contributed by atoms with Gasteiger partial charge in [-0.1, -0.05) is 18.2 Å². The van der Waals surface area contributed by atoms with Crippen LogP contribution in [0.25, 0.3) is 10.1 Å². The highest BCUT2D eigenvalue weighted by Crippen LogP contribution is 2.25. The second-order valence-electron chi connectivity index (χ2n) is 4.32. The smallest absolute Gasteiger partial charge is 0.307 e. The molecule has 1 heterocycles. The Morgan fingerprint density at radius 2 is 2.22 bits per heavy atom. The first-order valence-corrected chi connectivity index (χ1v) is 6.84. The minimum absolute atomic E-state index is 0.121. The molecule has 0 aliphatic carbocycles. The van der Waals surface area contributed by atoms with Crippen molar-refractivity contribution >= 4 is 27.4 Å². The lowest BCUT2D eigenvalue weighted by Crippen LogP contribution is -2.28. The van der Waals surface area contributed by atoms with Gasteiger partial charge in [-0.05, 0) is 29.3 Å². The minimum atomic E-state index is -0.176. The maximum absolute atomic E-state index is 11.1. The number of carbonyl (C=O) groups excluding carboxylic acids is 1. The molecular weight excluding hydrogens is 246 g/mol. The number of rotatable bonds is 5. The highest BCUT2D eigenvalue weighted by Gasteiger charge is 2.09. The van der Waals surface area contributed by atoms with Crippen LogP contribution >= 0.6 is 11.3 Å². The molecule has 0 aliphatic heterocycles. The van der Waals surface area contributed by atoms with Crippen LogP contribution in [0.5, 0.6) is 0 Å². The van der Waals surface area contributed by atoms with Crippen LogP contribution in [0.1, 0.15) is 18.9 Å². The summed E-state index contributed by atoms with van der Waals surface area (Å²) in [5.41, 5.74) is 1.28. The van der Waals surface area contributed by atoms with Crippen LogP contribution in [0.4, 0.5) is 0 Å².